The van der Waals surface area contributed by atoms with Crippen molar-refractivity contribution >= 4 is 11.8 Å². The van der Waals surface area contributed by atoms with E-state index < -0.39 is 0 Å². The van der Waals surface area contributed by atoms with Crippen molar-refractivity contribution in [3.05, 3.63) is 0 Å². The van der Waals surface area contributed by atoms with Crippen LogP contribution in [0.4, 0.5) is 0 Å². The van der Waals surface area contributed by atoms with Gasteiger partial charge in [-0.3, -0.25) is 0 Å². The molecule has 0 aromatic carbocycles. The van der Waals surface area contributed by atoms with Crippen LogP contribution in [0.5, 0.6) is 0 Å². The Kier molecular flexibility index (Phi) is 6.02. The van der Waals surface area contributed by atoms with Gasteiger partial charge in [-0.15, -0.1) is 0 Å². The SMILES string of the molecule is CCC1(CO)CCN(CCCSC)CC1. The van der Waals surface area contributed by atoms with Crippen LogP contribution in [0.25, 0.3) is 0 Å². The van der Waals surface area contributed by atoms with E-state index in [0.29, 0.717) is 6.61 Å². The smallest absolute Gasteiger partial charge is 0.0488 e. The normalized spacial score (nSPS) is 21.8. The molecule has 0 unspecified atom stereocenters. The molecule has 1 rings (SSSR count). The molecule has 0 saturated carbocycles. The molecule has 0 atom stereocenters. The molecule has 0 spiro atoms. The second-order valence-electron chi connectivity index (χ2n) is 4.70. The van der Waals surface area contributed by atoms with Crippen LogP contribution < -0.4 is 0 Å². The summed E-state index contributed by atoms with van der Waals surface area (Å²) in [5, 5.41) is 9.42. The molecule has 0 amide bonds. The van der Waals surface area contributed by atoms with E-state index in [1.807, 2.05) is 11.8 Å². The van der Waals surface area contributed by atoms with Gasteiger partial charge in [-0.05, 0) is 62.7 Å². The summed E-state index contributed by atoms with van der Waals surface area (Å²) in [6, 6.07) is 0. The molecule has 1 heterocycles. The summed E-state index contributed by atoms with van der Waals surface area (Å²) in [5.41, 5.74) is 0.246. The highest BCUT2D eigenvalue weighted by molar-refractivity contribution is 7.98. The molecule has 1 aliphatic rings. The minimum absolute atomic E-state index is 0.246. The zero-order chi connectivity index (χ0) is 11.1. The first kappa shape index (κ1) is 13.3. The van der Waals surface area contributed by atoms with Crippen LogP contribution in [0, 0.1) is 5.41 Å². The quantitative estimate of drug-likeness (QED) is 0.709. The summed E-state index contributed by atoms with van der Waals surface area (Å²) < 4.78 is 0. The molecule has 0 bridgehead atoms. The summed E-state index contributed by atoms with van der Waals surface area (Å²) in [4.78, 5) is 2.56. The molecule has 0 aromatic rings. The molecule has 1 fully saturated rings. The third-order valence-corrected chi connectivity index (χ3v) is 4.52. The maximum Gasteiger partial charge on any atom is 0.0488 e. The first-order valence-corrected chi connectivity index (χ1v) is 7.48. The van der Waals surface area contributed by atoms with E-state index >= 15 is 0 Å². The zero-order valence-electron chi connectivity index (χ0n) is 10.2. The molecule has 2 nitrogen and oxygen atoms in total. The predicted molar refractivity (Wildman–Crippen MR) is 68.5 cm³/mol. The highest BCUT2D eigenvalue weighted by Crippen LogP contribution is 2.34. The number of piperidine rings is 1. The minimum Gasteiger partial charge on any atom is -0.396 e. The van der Waals surface area contributed by atoms with E-state index in [2.05, 4.69) is 18.1 Å². The molecule has 90 valence electrons. The number of hydrogen-bond acceptors (Lipinski definition) is 3. The van der Waals surface area contributed by atoms with Gasteiger partial charge >= 0.3 is 0 Å². The lowest BCUT2D eigenvalue weighted by Crippen LogP contribution is -2.42. The lowest BCUT2D eigenvalue weighted by molar-refractivity contribution is 0.0411. The maximum absolute atomic E-state index is 9.42. The Balaban J connectivity index is 2.22. The van der Waals surface area contributed by atoms with Crippen LogP contribution >= 0.6 is 11.8 Å². The number of nitrogens with zero attached hydrogens (tertiary/aromatic N) is 1. The van der Waals surface area contributed by atoms with Crippen LogP contribution in [-0.4, -0.2) is 48.3 Å². The van der Waals surface area contributed by atoms with Gasteiger partial charge in [-0.1, -0.05) is 6.92 Å². The van der Waals surface area contributed by atoms with Gasteiger partial charge in [-0.25, -0.2) is 0 Å². The summed E-state index contributed by atoms with van der Waals surface area (Å²) in [7, 11) is 0. The molecule has 3 heteroatoms. The number of rotatable bonds is 6. The Morgan fingerprint density at radius 1 is 1.33 bits per heavy atom. The summed E-state index contributed by atoms with van der Waals surface area (Å²) in [6.07, 6.45) is 6.96. The molecular weight excluding hydrogens is 206 g/mol. The van der Waals surface area contributed by atoms with E-state index in [9.17, 15) is 5.11 Å². The highest BCUT2D eigenvalue weighted by atomic mass is 32.2. The Hall–Kier alpha value is 0.270. The fourth-order valence-electron chi connectivity index (χ4n) is 2.31. The van der Waals surface area contributed by atoms with Gasteiger partial charge in [0.2, 0.25) is 0 Å². The molecular formula is C12H25NOS. The Morgan fingerprint density at radius 2 is 2.00 bits per heavy atom. The molecule has 1 N–H and O–H groups in total. The number of hydrogen-bond donors (Lipinski definition) is 1. The van der Waals surface area contributed by atoms with E-state index in [1.165, 1.54) is 44.6 Å². The number of thioether (sulfide) groups is 1. The van der Waals surface area contributed by atoms with Crippen molar-refractivity contribution in [1.29, 1.82) is 0 Å². The minimum atomic E-state index is 0.246. The second kappa shape index (κ2) is 6.77. The lowest BCUT2D eigenvalue weighted by atomic mass is 9.77. The van der Waals surface area contributed by atoms with Crippen molar-refractivity contribution in [2.24, 2.45) is 5.41 Å². The largest absolute Gasteiger partial charge is 0.396 e. The molecule has 1 aliphatic heterocycles. The summed E-state index contributed by atoms with van der Waals surface area (Å²) >= 11 is 1.93. The maximum atomic E-state index is 9.42. The Morgan fingerprint density at radius 3 is 2.47 bits per heavy atom. The first-order valence-electron chi connectivity index (χ1n) is 6.08. The lowest BCUT2D eigenvalue weighted by Gasteiger charge is -2.40. The Labute approximate surface area is 98.4 Å². The van der Waals surface area contributed by atoms with Crippen LogP contribution in [0.2, 0.25) is 0 Å². The van der Waals surface area contributed by atoms with Crippen molar-refractivity contribution < 1.29 is 5.11 Å². The molecule has 0 aliphatic carbocycles. The van der Waals surface area contributed by atoms with Gasteiger partial charge in [0.25, 0.3) is 0 Å². The average molecular weight is 231 g/mol. The van der Waals surface area contributed by atoms with Gasteiger partial charge in [-0.2, -0.15) is 11.8 Å². The molecule has 0 aromatic heterocycles. The fraction of sp³-hybridized carbons (Fsp3) is 1.00. The van der Waals surface area contributed by atoms with Gasteiger partial charge in [0, 0.05) is 6.61 Å². The van der Waals surface area contributed by atoms with Crippen molar-refractivity contribution in [2.75, 3.05) is 38.2 Å². The monoisotopic (exact) mass is 231 g/mol. The number of aliphatic hydroxyl groups is 1. The average Bonchev–Trinajstić information content (AvgIpc) is 2.31. The Bertz CT molecular complexity index is 161. The standard InChI is InChI=1S/C12H25NOS/c1-3-12(11-14)5-8-13(9-6-12)7-4-10-15-2/h14H,3-11H2,1-2H3. The van der Waals surface area contributed by atoms with Crippen LogP contribution in [0.15, 0.2) is 0 Å². The first-order chi connectivity index (χ1) is 7.26. The second-order valence-corrected chi connectivity index (χ2v) is 5.69. The third kappa shape index (κ3) is 3.97. The molecule has 15 heavy (non-hydrogen) atoms. The highest BCUT2D eigenvalue weighted by Gasteiger charge is 2.31. The summed E-state index contributed by atoms with van der Waals surface area (Å²) in [5.74, 6) is 1.27. The number of likely N-dealkylation sites (tertiary alicyclic amines) is 1. The van der Waals surface area contributed by atoms with E-state index in [1.54, 1.807) is 0 Å². The van der Waals surface area contributed by atoms with E-state index in [4.69, 9.17) is 0 Å². The van der Waals surface area contributed by atoms with E-state index in [0.717, 1.165) is 6.42 Å². The van der Waals surface area contributed by atoms with Gasteiger partial charge < -0.3 is 10.0 Å². The third-order valence-electron chi connectivity index (χ3n) is 3.82. The van der Waals surface area contributed by atoms with Crippen molar-refractivity contribution in [3.8, 4) is 0 Å². The molecule has 0 radical (unpaired) electrons. The van der Waals surface area contributed by atoms with Gasteiger partial charge in [0.1, 0.15) is 0 Å². The number of aliphatic hydroxyl groups excluding tert-OH is 1. The summed E-state index contributed by atoms with van der Waals surface area (Å²) in [6.45, 7) is 6.19. The van der Waals surface area contributed by atoms with Gasteiger partial charge in [0.05, 0.1) is 0 Å². The van der Waals surface area contributed by atoms with Crippen molar-refractivity contribution in [2.45, 2.75) is 32.6 Å². The van der Waals surface area contributed by atoms with Crippen molar-refractivity contribution in [1.82, 2.24) is 4.90 Å². The van der Waals surface area contributed by atoms with Gasteiger partial charge in [0.15, 0.2) is 0 Å². The topological polar surface area (TPSA) is 23.5 Å². The molecule has 1 saturated heterocycles. The van der Waals surface area contributed by atoms with Crippen molar-refractivity contribution in [3.63, 3.8) is 0 Å². The van der Waals surface area contributed by atoms with Crippen LogP contribution in [0.1, 0.15) is 32.6 Å². The zero-order valence-corrected chi connectivity index (χ0v) is 11.0. The fourth-order valence-corrected chi connectivity index (χ4v) is 2.72. The van der Waals surface area contributed by atoms with Crippen LogP contribution in [0.3, 0.4) is 0 Å². The predicted octanol–water partition coefficient (Wildman–Crippen LogP) is 2.22. The van der Waals surface area contributed by atoms with E-state index in [-0.39, 0.29) is 5.41 Å². The van der Waals surface area contributed by atoms with Crippen LogP contribution in [-0.2, 0) is 0 Å².